The molecule has 3 heterocycles. The fourth-order valence-corrected chi connectivity index (χ4v) is 4.51. The Kier molecular flexibility index (Phi) is 6.39. The van der Waals surface area contributed by atoms with Crippen molar-refractivity contribution >= 4 is 11.6 Å². The summed E-state index contributed by atoms with van der Waals surface area (Å²) in [6.07, 6.45) is 0.422. The highest BCUT2D eigenvalue weighted by Crippen LogP contribution is 2.32. The molecule has 1 amide bonds. The first-order valence-corrected chi connectivity index (χ1v) is 12.3. The minimum atomic E-state index is -0.263. The van der Waals surface area contributed by atoms with Gasteiger partial charge >= 0.3 is 0 Å². The first kappa shape index (κ1) is 23.6. The van der Waals surface area contributed by atoms with Crippen molar-refractivity contribution in [1.82, 2.24) is 15.1 Å². The van der Waals surface area contributed by atoms with Crippen LogP contribution in [0, 0.1) is 0 Å². The number of hydrogen-bond donors (Lipinski definition) is 1. The van der Waals surface area contributed by atoms with E-state index >= 15 is 0 Å². The van der Waals surface area contributed by atoms with E-state index in [0.717, 1.165) is 33.8 Å². The molecule has 4 aromatic rings. The van der Waals surface area contributed by atoms with Crippen LogP contribution >= 0.6 is 0 Å². The number of aromatic nitrogens is 2. The van der Waals surface area contributed by atoms with E-state index in [1.807, 2.05) is 83.5 Å². The molecule has 1 aromatic heterocycles. The minimum Gasteiger partial charge on any atom is -0.497 e. The Hall–Kier alpha value is -4.79. The predicted molar refractivity (Wildman–Crippen MR) is 140 cm³/mol. The van der Waals surface area contributed by atoms with Gasteiger partial charge in [0.15, 0.2) is 23.3 Å². The molecule has 9 heteroatoms. The number of amides is 1. The number of nitrogens with one attached hydrogen (secondary N) is 1. The quantitative estimate of drug-likeness (QED) is 0.377. The number of oxime groups is 1. The first-order valence-electron chi connectivity index (χ1n) is 12.3. The molecule has 1 unspecified atom stereocenters. The van der Waals surface area contributed by atoms with Crippen LogP contribution in [0.3, 0.4) is 0 Å². The Labute approximate surface area is 219 Å². The maximum atomic E-state index is 13.1. The first-order chi connectivity index (χ1) is 18.7. The van der Waals surface area contributed by atoms with Gasteiger partial charge in [0.05, 0.1) is 25.1 Å². The Morgan fingerprint density at radius 3 is 2.63 bits per heavy atom. The fraction of sp³-hybridized carbons (Fsp3) is 0.207. The lowest BCUT2D eigenvalue weighted by atomic mass is 10.0. The predicted octanol–water partition coefficient (Wildman–Crippen LogP) is 4.41. The zero-order chi connectivity index (χ0) is 25.9. The summed E-state index contributed by atoms with van der Waals surface area (Å²) < 4.78 is 17.9. The fourth-order valence-electron chi connectivity index (χ4n) is 4.51. The Balaban J connectivity index is 1.17. The van der Waals surface area contributed by atoms with Crippen LogP contribution in [0.4, 0.5) is 0 Å². The van der Waals surface area contributed by atoms with E-state index in [0.29, 0.717) is 36.7 Å². The van der Waals surface area contributed by atoms with Gasteiger partial charge in [0, 0.05) is 13.0 Å². The topological polar surface area (TPSA) is 96.2 Å². The number of nitrogens with zero attached hydrogens (tertiary/aromatic N) is 3. The number of carbonyl (C=O) groups excluding carboxylic acids is 1. The third-order valence-electron chi connectivity index (χ3n) is 6.51. The summed E-state index contributed by atoms with van der Waals surface area (Å²) in [6, 6.07) is 25.0. The van der Waals surface area contributed by atoms with Crippen LogP contribution in [-0.2, 0) is 17.9 Å². The smallest absolute Gasteiger partial charge is 0.272 e. The summed E-state index contributed by atoms with van der Waals surface area (Å²) in [6.45, 7) is 0.999. The zero-order valence-corrected chi connectivity index (χ0v) is 20.8. The van der Waals surface area contributed by atoms with Crippen LogP contribution in [0.2, 0.25) is 0 Å². The van der Waals surface area contributed by atoms with E-state index in [-0.39, 0.29) is 18.8 Å². The number of ether oxygens (including phenoxy) is 3. The van der Waals surface area contributed by atoms with Crippen molar-refractivity contribution in [2.45, 2.75) is 25.6 Å². The van der Waals surface area contributed by atoms with Crippen molar-refractivity contribution < 1.29 is 23.8 Å². The van der Waals surface area contributed by atoms with Crippen LogP contribution < -0.4 is 19.5 Å². The highest BCUT2D eigenvalue weighted by molar-refractivity contribution is 6.01. The number of methoxy groups -OCH3 is 1. The Morgan fingerprint density at radius 2 is 1.82 bits per heavy atom. The average molecular weight is 511 g/mol. The van der Waals surface area contributed by atoms with Gasteiger partial charge in [-0.1, -0.05) is 41.6 Å². The molecule has 192 valence electrons. The van der Waals surface area contributed by atoms with Crippen molar-refractivity contribution in [3.05, 3.63) is 95.7 Å². The molecule has 0 saturated carbocycles. The molecular formula is C29H26N4O5. The second kappa shape index (κ2) is 10.3. The van der Waals surface area contributed by atoms with Gasteiger partial charge in [0.2, 0.25) is 6.79 Å². The van der Waals surface area contributed by atoms with Crippen LogP contribution in [0.5, 0.6) is 17.2 Å². The average Bonchev–Trinajstić information content (AvgIpc) is 3.72. The lowest BCUT2D eigenvalue weighted by Gasteiger charge is -2.12. The largest absolute Gasteiger partial charge is 0.497 e. The molecule has 0 bridgehead atoms. The molecule has 0 spiro atoms. The molecular weight excluding hydrogens is 484 g/mol. The van der Waals surface area contributed by atoms with Gasteiger partial charge in [0.25, 0.3) is 5.91 Å². The van der Waals surface area contributed by atoms with Crippen LogP contribution in [-0.4, -0.2) is 41.4 Å². The maximum absolute atomic E-state index is 13.1. The van der Waals surface area contributed by atoms with Gasteiger partial charge < -0.3 is 24.4 Å². The van der Waals surface area contributed by atoms with Gasteiger partial charge in [-0.15, -0.1) is 0 Å². The number of carbonyl (C=O) groups is 1. The van der Waals surface area contributed by atoms with Crippen molar-refractivity contribution in [1.29, 1.82) is 0 Å². The lowest BCUT2D eigenvalue weighted by Crippen LogP contribution is -2.24. The van der Waals surface area contributed by atoms with Crippen LogP contribution in [0.15, 0.2) is 84.0 Å². The third-order valence-corrected chi connectivity index (χ3v) is 6.51. The third kappa shape index (κ3) is 4.90. The summed E-state index contributed by atoms with van der Waals surface area (Å²) in [5, 5.41) is 11.9. The number of benzene rings is 3. The molecule has 6 rings (SSSR count). The van der Waals surface area contributed by atoms with E-state index < -0.39 is 0 Å². The molecule has 1 N–H and O–H groups in total. The van der Waals surface area contributed by atoms with E-state index in [2.05, 4.69) is 15.6 Å². The highest BCUT2D eigenvalue weighted by atomic mass is 16.7. The maximum Gasteiger partial charge on any atom is 0.272 e. The van der Waals surface area contributed by atoms with Gasteiger partial charge in [-0.2, -0.15) is 5.10 Å². The molecule has 3 aromatic carbocycles. The molecule has 2 aliphatic heterocycles. The Morgan fingerprint density at radius 1 is 1.00 bits per heavy atom. The second-order valence-electron chi connectivity index (χ2n) is 9.03. The SMILES string of the molecule is COc1ccc(C2=NOC(Cn3nc(C(=O)NCc4ccc5c(c4)OCO5)cc3-c3ccccc3)C2)cc1. The standard InChI is InChI=1S/C29H26N4O5/c1-35-22-10-8-20(9-11-22)24-14-23(38-32-24)17-33-26(21-5-3-2-4-6-21)15-25(31-33)29(34)30-16-19-7-12-27-28(13-19)37-18-36-27/h2-13,15,23H,14,16-18H2,1H3,(H,30,34). The molecule has 9 nitrogen and oxygen atoms in total. The minimum absolute atomic E-state index is 0.209. The summed E-state index contributed by atoms with van der Waals surface area (Å²) in [5.74, 6) is 1.92. The zero-order valence-electron chi connectivity index (χ0n) is 20.8. The monoisotopic (exact) mass is 510 g/mol. The molecule has 38 heavy (non-hydrogen) atoms. The van der Waals surface area contributed by atoms with Crippen LogP contribution in [0.25, 0.3) is 11.3 Å². The van der Waals surface area contributed by atoms with E-state index in [4.69, 9.17) is 19.0 Å². The van der Waals surface area contributed by atoms with Gasteiger partial charge in [-0.05, 0) is 59.2 Å². The lowest BCUT2D eigenvalue weighted by molar-refractivity contribution is 0.0698. The summed E-state index contributed by atoms with van der Waals surface area (Å²) in [7, 11) is 1.64. The highest BCUT2D eigenvalue weighted by Gasteiger charge is 2.25. The van der Waals surface area contributed by atoms with Crippen molar-refractivity contribution in [2.24, 2.45) is 5.16 Å². The number of hydrogen-bond acceptors (Lipinski definition) is 7. The van der Waals surface area contributed by atoms with Crippen LogP contribution in [0.1, 0.15) is 28.0 Å². The van der Waals surface area contributed by atoms with E-state index in [1.54, 1.807) is 7.11 Å². The van der Waals surface area contributed by atoms with Gasteiger partial charge in [0.1, 0.15) is 5.75 Å². The number of rotatable bonds is 8. The van der Waals surface area contributed by atoms with Crippen molar-refractivity contribution in [3.63, 3.8) is 0 Å². The Bertz CT molecular complexity index is 1480. The van der Waals surface area contributed by atoms with E-state index in [1.165, 1.54) is 0 Å². The molecule has 0 radical (unpaired) electrons. The molecule has 1 atom stereocenters. The number of fused-ring (bicyclic) bond motifs is 1. The van der Waals surface area contributed by atoms with Crippen molar-refractivity contribution in [2.75, 3.05) is 13.9 Å². The van der Waals surface area contributed by atoms with Gasteiger partial charge in [-0.3, -0.25) is 9.48 Å². The van der Waals surface area contributed by atoms with Crippen molar-refractivity contribution in [3.8, 4) is 28.5 Å². The van der Waals surface area contributed by atoms with Gasteiger partial charge in [-0.25, -0.2) is 0 Å². The molecule has 0 aliphatic carbocycles. The second-order valence-corrected chi connectivity index (χ2v) is 9.03. The normalized spacial score (nSPS) is 15.6. The molecule has 2 aliphatic rings. The summed E-state index contributed by atoms with van der Waals surface area (Å²) >= 11 is 0. The molecule has 0 saturated heterocycles. The van der Waals surface area contributed by atoms with E-state index in [9.17, 15) is 4.79 Å². The summed E-state index contributed by atoms with van der Waals surface area (Å²) in [5.41, 5.74) is 4.89. The molecule has 0 fully saturated rings. The summed E-state index contributed by atoms with van der Waals surface area (Å²) in [4.78, 5) is 18.8.